The molecule has 0 radical (unpaired) electrons. The van der Waals surface area contributed by atoms with Crippen LogP contribution in [-0.2, 0) is 9.59 Å². The van der Waals surface area contributed by atoms with Gasteiger partial charge in [-0.05, 0) is 24.7 Å². The Kier molecular flexibility index (Phi) is 3.28. The van der Waals surface area contributed by atoms with Gasteiger partial charge in [-0.3, -0.25) is 19.8 Å². The highest BCUT2D eigenvalue weighted by Crippen LogP contribution is 2.41. The van der Waals surface area contributed by atoms with E-state index in [-0.39, 0.29) is 11.8 Å². The van der Waals surface area contributed by atoms with E-state index in [1.165, 1.54) is 25.7 Å². The van der Waals surface area contributed by atoms with Crippen LogP contribution in [-0.4, -0.2) is 36.3 Å². The van der Waals surface area contributed by atoms with Crippen LogP contribution in [0.3, 0.4) is 0 Å². The molecule has 1 N–H and O–H groups in total. The number of hydrogen-bond acceptors (Lipinski definition) is 3. The van der Waals surface area contributed by atoms with Gasteiger partial charge < -0.3 is 0 Å². The first-order chi connectivity index (χ1) is 7.63. The van der Waals surface area contributed by atoms with Gasteiger partial charge in [0, 0.05) is 6.54 Å². The molecular weight excluding hydrogens is 204 g/mol. The van der Waals surface area contributed by atoms with Crippen LogP contribution in [0.2, 0.25) is 0 Å². The molecule has 0 bridgehead atoms. The molecule has 1 saturated carbocycles. The van der Waals surface area contributed by atoms with E-state index in [1.807, 2.05) is 4.90 Å². The molecule has 1 heterocycles. The number of amides is 2. The quantitative estimate of drug-likeness (QED) is 0.725. The van der Waals surface area contributed by atoms with Gasteiger partial charge in [0.05, 0.1) is 13.1 Å². The third-order valence-electron chi connectivity index (χ3n) is 3.99. The number of piperazine rings is 1. The molecule has 2 aliphatic rings. The summed E-state index contributed by atoms with van der Waals surface area (Å²) in [6, 6.07) is 0. The maximum atomic E-state index is 11.3. The predicted octanol–water partition coefficient (Wildman–Crippen LogP) is 0.915. The fraction of sp³-hybridized carbons (Fsp3) is 0.833. The minimum absolute atomic E-state index is 0.152. The number of imide groups is 1. The Bertz CT molecular complexity index is 279. The molecule has 0 aromatic rings. The van der Waals surface area contributed by atoms with Crippen LogP contribution >= 0.6 is 0 Å². The monoisotopic (exact) mass is 224 g/mol. The summed E-state index contributed by atoms with van der Waals surface area (Å²) in [6.45, 7) is 3.89. The highest BCUT2D eigenvalue weighted by atomic mass is 16.2. The number of hydrogen-bond donors (Lipinski definition) is 1. The largest absolute Gasteiger partial charge is 0.294 e. The molecule has 1 aliphatic heterocycles. The van der Waals surface area contributed by atoms with Crippen molar-refractivity contribution in [2.24, 2.45) is 5.41 Å². The third-order valence-corrected chi connectivity index (χ3v) is 3.99. The van der Waals surface area contributed by atoms with Crippen molar-refractivity contribution in [1.29, 1.82) is 0 Å². The molecular formula is C12H20N2O2. The molecule has 0 spiro atoms. The van der Waals surface area contributed by atoms with Gasteiger partial charge in [0.25, 0.3) is 0 Å². The number of carbonyl (C=O) groups is 2. The highest BCUT2D eigenvalue weighted by molar-refractivity contribution is 5.99. The minimum atomic E-state index is -0.152. The molecule has 2 amide bonds. The van der Waals surface area contributed by atoms with Gasteiger partial charge in [-0.1, -0.05) is 19.8 Å². The summed E-state index contributed by atoms with van der Waals surface area (Å²) in [5, 5.41) is 2.35. The summed E-state index contributed by atoms with van der Waals surface area (Å²) in [5.41, 5.74) is 0.359. The van der Waals surface area contributed by atoms with Gasteiger partial charge in [0.1, 0.15) is 0 Å². The van der Waals surface area contributed by atoms with Crippen LogP contribution in [0.15, 0.2) is 0 Å². The van der Waals surface area contributed by atoms with Crippen molar-refractivity contribution in [1.82, 2.24) is 10.2 Å². The van der Waals surface area contributed by atoms with E-state index in [0.717, 1.165) is 13.0 Å². The third kappa shape index (κ3) is 2.43. The van der Waals surface area contributed by atoms with E-state index >= 15 is 0 Å². The van der Waals surface area contributed by atoms with E-state index in [9.17, 15) is 9.59 Å². The molecule has 0 atom stereocenters. The Morgan fingerprint density at radius 2 is 1.75 bits per heavy atom. The summed E-state index contributed by atoms with van der Waals surface area (Å²) in [7, 11) is 0. The molecule has 0 aromatic carbocycles. The number of rotatable bonds is 3. The maximum absolute atomic E-state index is 11.3. The standard InChI is InChI=1S/C12H20N2O2/c1-2-12(5-3-4-6-12)9-14-7-10(15)13-11(16)8-14/h2-9H2,1H3,(H,13,15,16). The Labute approximate surface area is 96.4 Å². The van der Waals surface area contributed by atoms with Crippen molar-refractivity contribution >= 4 is 11.8 Å². The van der Waals surface area contributed by atoms with E-state index in [0.29, 0.717) is 18.5 Å². The zero-order valence-corrected chi connectivity index (χ0v) is 9.92. The Morgan fingerprint density at radius 3 is 2.25 bits per heavy atom. The van der Waals surface area contributed by atoms with Crippen LogP contribution in [0.1, 0.15) is 39.0 Å². The van der Waals surface area contributed by atoms with Crippen LogP contribution < -0.4 is 5.32 Å². The predicted molar refractivity (Wildman–Crippen MR) is 60.8 cm³/mol. The van der Waals surface area contributed by atoms with Crippen molar-refractivity contribution in [3.05, 3.63) is 0 Å². The van der Waals surface area contributed by atoms with Gasteiger partial charge >= 0.3 is 0 Å². The normalized spacial score (nSPS) is 25.8. The van der Waals surface area contributed by atoms with Crippen molar-refractivity contribution in [2.75, 3.05) is 19.6 Å². The Balaban J connectivity index is 1.97. The van der Waals surface area contributed by atoms with Crippen LogP contribution in [0.25, 0.3) is 0 Å². The van der Waals surface area contributed by atoms with Crippen molar-refractivity contribution in [2.45, 2.75) is 39.0 Å². The molecule has 16 heavy (non-hydrogen) atoms. The fourth-order valence-corrected chi connectivity index (χ4v) is 3.03. The second kappa shape index (κ2) is 4.53. The number of carbonyl (C=O) groups excluding carboxylic acids is 2. The molecule has 0 unspecified atom stereocenters. The lowest BCUT2D eigenvalue weighted by atomic mass is 9.82. The summed E-state index contributed by atoms with van der Waals surface area (Å²) in [4.78, 5) is 24.6. The second-order valence-electron chi connectivity index (χ2n) is 5.18. The maximum Gasteiger partial charge on any atom is 0.240 e. The van der Waals surface area contributed by atoms with Gasteiger partial charge in [-0.2, -0.15) is 0 Å². The van der Waals surface area contributed by atoms with E-state index in [4.69, 9.17) is 0 Å². The second-order valence-corrected chi connectivity index (χ2v) is 5.18. The first-order valence-electron chi connectivity index (χ1n) is 6.19. The van der Waals surface area contributed by atoms with Crippen molar-refractivity contribution in [3.8, 4) is 0 Å². The zero-order valence-electron chi connectivity index (χ0n) is 9.92. The van der Waals surface area contributed by atoms with E-state index in [1.54, 1.807) is 0 Å². The Morgan fingerprint density at radius 1 is 1.19 bits per heavy atom. The summed E-state index contributed by atoms with van der Waals surface area (Å²) in [6.07, 6.45) is 6.23. The smallest absolute Gasteiger partial charge is 0.240 e. The van der Waals surface area contributed by atoms with Gasteiger partial charge in [-0.15, -0.1) is 0 Å². The number of nitrogens with one attached hydrogen (secondary N) is 1. The molecule has 1 saturated heterocycles. The molecule has 4 nitrogen and oxygen atoms in total. The molecule has 2 rings (SSSR count). The molecule has 90 valence electrons. The van der Waals surface area contributed by atoms with Crippen molar-refractivity contribution in [3.63, 3.8) is 0 Å². The SMILES string of the molecule is CCC1(CN2CC(=O)NC(=O)C2)CCCC1. The minimum Gasteiger partial charge on any atom is -0.294 e. The zero-order chi connectivity index (χ0) is 11.6. The molecule has 1 aliphatic carbocycles. The lowest BCUT2D eigenvalue weighted by molar-refractivity contribution is -0.136. The lowest BCUT2D eigenvalue weighted by Crippen LogP contribution is -2.53. The first-order valence-corrected chi connectivity index (χ1v) is 6.19. The summed E-state index contributed by atoms with van der Waals surface area (Å²) in [5.74, 6) is -0.305. The first kappa shape index (κ1) is 11.6. The highest BCUT2D eigenvalue weighted by Gasteiger charge is 2.35. The average Bonchev–Trinajstić information content (AvgIpc) is 2.65. The average molecular weight is 224 g/mol. The van der Waals surface area contributed by atoms with Crippen LogP contribution in [0.5, 0.6) is 0 Å². The lowest BCUT2D eigenvalue weighted by Gasteiger charge is -2.35. The Hall–Kier alpha value is -0.900. The van der Waals surface area contributed by atoms with Gasteiger partial charge in [0.15, 0.2) is 0 Å². The summed E-state index contributed by atoms with van der Waals surface area (Å²) < 4.78 is 0. The topological polar surface area (TPSA) is 49.4 Å². The van der Waals surface area contributed by atoms with Gasteiger partial charge in [-0.25, -0.2) is 0 Å². The van der Waals surface area contributed by atoms with Crippen molar-refractivity contribution < 1.29 is 9.59 Å². The molecule has 4 heteroatoms. The molecule has 0 aromatic heterocycles. The molecule has 2 fully saturated rings. The summed E-state index contributed by atoms with van der Waals surface area (Å²) >= 11 is 0. The van der Waals surface area contributed by atoms with Crippen LogP contribution in [0.4, 0.5) is 0 Å². The fourth-order valence-electron chi connectivity index (χ4n) is 3.03. The van der Waals surface area contributed by atoms with Crippen LogP contribution in [0, 0.1) is 5.41 Å². The number of nitrogens with zero attached hydrogens (tertiary/aromatic N) is 1. The van der Waals surface area contributed by atoms with Gasteiger partial charge in [0.2, 0.25) is 11.8 Å². The van der Waals surface area contributed by atoms with E-state index in [2.05, 4.69) is 12.2 Å². The van der Waals surface area contributed by atoms with E-state index < -0.39 is 0 Å².